The second-order valence-corrected chi connectivity index (χ2v) is 13.9. The van der Waals surface area contributed by atoms with Gasteiger partial charge >= 0.3 is 11.4 Å². The molecule has 1 aliphatic carbocycles. The van der Waals surface area contributed by atoms with Gasteiger partial charge < -0.3 is 19.1 Å². The molecule has 4 atom stereocenters. The molecule has 4 heterocycles. The van der Waals surface area contributed by atoms with Gasteiger partial charge in [-0.15, -0.1) is 23.2 Å². The summed E-state index contributed by atoms with van der Waals surface area (Å²) in [7, 11) is 5.82. The number of carbonyl (C=O) groups excluding carboxylic acids is 2. The summed E-state index contributed by atoms with van der Waals surface area (Å²) in [6.45, 7) is -0.260. The number of allylic oxidation sites excluding steroid dienone is 2. The van der Waals surface area contributed by atoms with Crippen molar-refractivity contribution in [3.63, 3.8) is 0 Å². The van der Waals surface area contributed by atoms with Crippen LogP contribution in [0.4, 0.5) is 0 Å². The van der Waals surface area contributed by atoms with E-state index in [1.54, 1.807) is 25.3 Å². The number of phenols is 1. The molecule has 3 aliphatic rings. The van der Waals surface area contributed by atoms with E-state index >= 15 is 0 Å². The molecule has 2 aliphatic heterocycles. The molecule has 2 aromatic carbocycles. The summed E-state index contributed by atoms with van der Waals surface area (Å²) in [6, 6.07) is 6.42. The number of likely N-dealkylation sites (tertiary alicyclic amines) is 1. The van der Waals surface area contributed by atoms with Gasteiger partial charge in [-0.25, -0.2) is 28.5 Å². The van der Waals surface area contributed by atoms with Crippen LogP contribution in [0.25, 0.3) is 11.0 Å². The number of carbonyl (C=O) groups is 2. The minimum Gasteiger partial charge on any atom is -0.508 e. The minimum absolute atomic E-state index is 0.0607. The van der Waals surface area contributed by atoms with E-state index in [0.29, 0.717) is 33.7 Å². The quantitative estimate of drug-likeness (QED) is 0.178. The normalized spacial score (nSPS) is 24.5. The lowest BCUT2D eigenvalue weighted by molar-refractivity contribution is -0.137. The van der Waals surface area contributed by atoms with Gasteiger partial charge in [0, 0.05) is 56.6 Å². The smallest absolute Gasteiger partial charge is 0.347 e. The summed E-state index contributed by atoms with van der Waals surface area (Å²) in [5.41, 5.74) is 0.0459. The topological polar surface area (TPSA) is 160 Å². The number of aromatic hydroxyl groups is 1. The number of hydrogen-bond donors (Lipinski definition) is 1. The molecule has 49 heavy (non-hydrogen) atoms. The first-order valence-corrected chi connectivity index (χ1v) is 16.3. The van der Waals surface area contributed by atoms with E-state index in [1.807, 2.05) is 0 Å². The average Bonchev–Trinajstić information content (AvgIpc) is 3.39. The molecule has 2 amide bonds. The van der Waals surface area contributed by atoms with Gasteiger partial charge in [-0.3, -0.25) is 19.3 Å². The molecule has 1 N–H and O–H groups in total. The van der Waals surface area contributed by atoms with Crippen LogP contribution < -0.4 is 26.4 Å². The fraction of sp³-hybridized carbons (Fsp3) is 0.375. The number of imide groups is 1. The van der Waals surface area contributed by atoms with E-state index in [2.05, 4.69) is 4.98 Å². The van der Waals surface area contributed by atoms with Crippen molar-refractivity contribution in [2.24, 2.45) is 7.05 Å². The molecule has 17 heteroatoms. The zero-order valence-corrected chi connectivity index (χ0v) is 28.8. The van der Waals surface area contributed by atoms with Crippen LogP contribution in [0.3, 0.4) is 0 Å². The molecule has 2 aromatic heterocycles. The zero-order chi connectivity index (χ0) is 35.3. The largest absolute Gasteiger partial charge is 0.508 e. The first-order valence-electron chi connectivity index (χ1n) is 15.1. The van der Waals surface area contributed by atoms with Crippen LogP contribution >= 0.6 is 34.8 Å². The lowest BCUT2D eigenvalue weighted by Gasteiger charge is -2.49. The molecule has 14 nitrogen and oxygen atoms in total. The molecule has 0 spiro atoms. The van der Waals surface area contributed by atoms with Gasteiger partial charge in [-0.2, -0.15) is 0 Å². The van der Waals surface area contributed by atoms with Gasteiger partial charge in [0.1, 0.15) is 11.4 Å². The van der Waals surface area contributed by atoms with Crippen molar-refractivity contribution in [2.45, 2.75) is 47.6 Å². The van der Waals surface area contributed by atoms with E-state index in [4.69, 9.17) is 44.3 Å². The van der Waals surface area contributed by atoms with Crippen LogP contribution in [-0.4, -0.2) is 76.3 Å². The molecule has 0 unspecified atom stereocenters. The van der Waals surface area contributed by atoms with Crippen molar-refractivity contribution in [1.82, 2.24) is 28.4 Å². The van der Waals surface area contributed by atoms with E-state index in [9.17, 15) is 29.1 Å². The van der Waals surface area contributed by atoms with Crippen molar-refractivity contribution in [3.8, 4) is 17.2 Å². The Morgan fingerprint density at radius 2 is 1.67 bits per heavy atom. The van der Waals surface area contributed by atoms with Crippen LogP contribution in [0.15, 0.2) is 56.4 Å². The summed E-state index contributed by atoms with van der Waals surface area (Å²) < 4.78 is 15.6. The average molecular weight is 732 g/mol. The Hall–Kier alpha value is -4.53. The van der Waals surface area contributed by atoms with Crippen LogP contribution in [0.1, 0.15) is 29.6 Å². The highest BCUT2D eigenvalue weighted by Gasteiger charge is 2.75. The third-order valence-electron chi connectivity index (χ3n) is 9.88. The predicted octanol–water partition coefficient (Wildman–Crippen LogP) is 2.30. The van der Waals surface area contributed by atoms with Crippen LogP contribution in [0.5, 0.6) is 17.2 Å². The van der Waals surface area contributed by atoms with Crippen molar-refractivity contribution in [3.05, 3.63) is 89.6 Å². The fourth-order valence-corrected chi connectivity index (χ4v) is 8.71. The number of aryl methyl sites for hydroxylation is 2. The van der Waals surface area contributed by atoms with Gasteiger partial charge in [0.15, 0.2) is 21.2 Å². The summed E-state index contributed by atoms with van der Waals surface area (Å²) >= 11 is 20.9. The SMILES string of the molecule is COc1cc2nc(CCn3c(=O)n4n(c3=O)[C@@H]3C[C@@]5(Cl)C(=O)N(C)C(=O)[C@@]5(Cl)[C@@H](c5ccc(O)cc5Cl)C3=CC4)c(=O)n(C)c2cc1OC. The third kappa shape index (κ3) is 4.39. The molecular weight excluding hydrogens is 703 g/mol. The third-order valence-corrected chi connectivity index (χ3v) is 11.6. The Balaban J connectivity index is 1.32. The number of fused-ring (bicyclic) bond motifs is 5. The van der Waals surface area contributed by atoms with Crippen molar-refractivity contribution in [2.75, 3.05) is 21.3 Å². The molecule has 1 saturated heterocycles. The van der Waals surface area contributed by atoms with Gasteiger partial charge in [0.2, 0.25) is 0 Å². The number of nitrogens with zero attached hydrogens (tertiary/aromatic N) is 6. The predicted molar refractivity (Wildman–Crippen MR) is 179 cm³/mol. The van der Waals surface area contributed by atoms with E-state index in [1.165, 1.54) is 53.4 Å². The van der Waals surface area contributed by atoms with E-state index in [0.717, 1.165) is 9.47 Å². The first-order chi connectivity index (χ1) is 23.2. The minimum atomic E-state index is -2.04. The summed E-state index contributed by atoms with van der Waals surface area (Å²) in [6.07, 6.45) is 1.34. The molecule has 0 radical (unpaired) electrons. The number of hydrogen-bond acceptors (Lipinski definition) is 9. The van der Waals surface area contributed by atoms with Crippen LogP contribution in [0.2, 0.25) is 5.02 Å². The van der Waals surface area contributed by atoms with Gasteiger partial charge in [0.05, 0.1) is 37.8 Å². The van der Waals surface area contributed by atoms with Crippen molar-refractivity contribution < 1.29 is 24.2 Å². The summed E-state index contributed by atoms with van der Waals surface area (Å²) in [5, 5.41) is 10.1. The number of amides is 2. The van der Waals surface area contributed by atoms with Crippen LogP contribution in [-0.2, 0) is 36.1 Å². The maximum absolute atomic E-state index is 14.1. The van der Waals surface area contributed by atoms with Crippen molar-refractivity contribution in [1.29, 1.82) is 0 Å². The Morgan fingerprint density at radius 1 is 0.980 bits per heavy atom. The van der Waals surface area contributed by atoms with Gasteiger partial charge in [-0.05, 0) is 23.3 Å². The standard InChI is InChI=1S/C32H29Cl3N6O8/c1-37-21-13-24(49-4)23(48-3)12-20(21)36-19(26(37)43)8-9-39-29(46)40-10-7-17-22(41(40)30(39)47)14-31(34)27(44)38(2)28(45)32(31,35)25(17)16-6-5-15(42)11-18(16)33/h5-7,11-13,22,25,42H,8-10,14H2,1-4H3/t22-,25+,31-,32+/m1/s1. The fourth-order valence-electron chi connectivity index (χ4n) is 7.43. The van der Waals surface area contributed by atoms with E-state index < -0.39 is 50.5 Å². The highest BCUT2D eigenvalue weighted by Crippen LogP contribution is 2.63. The number of phenolic OH excluding ortho intramolecular Hbond substituents is 1. The molecule has 0 bridgehead atoms. The van der Waals surface area contributed by atoms with Crippen LogP contribution in [0, 0.1) is 0 Å². The Labute approximate surface area is 292 Å². The number of aromatic nitrogens is 5. The van der Waals surface area contributed by atoms with Crippen molar-refractivity contribution >= 4 is 57.7 Å². The second kappa shape index (κ2) is 11.3. The maximum Gasteiger partial charge on any atom is 0.347 e. The molecule has 2 fully saturated rings. The molecule has 7 rings (SSSR count). The number of alkyl halides is 2. The lowest BCUT2D eigenvalue weighted by Crippen LogP contribution is -2.59. The highest BCUT2D eigenvalue weighted by molar-refractivity contribution is 6.53. The number of halogens is 3. The van der Waals surface area contributed by atoms with Gasteiger partial charge in [0.25, 0.3) is 17.4 Å². The lowest BCUT2D eigenvalue weighted by atomic mass is 9.64. The molecular formula is C32H29Cl3N6O8. The Kier molecular flexibility index (Phi) is 7.58. The number of ether oxygens (including phenoxy) is 2. The Morgan fingerprint density at radius 3 is 2.35 bits per heavy atom. The number of methoxy groups -OCH3 is 2. The molecule has 256 valence electrons. The zero-order valence-electron chi connectivity index (χ0n) is 26.6. The monoisotopic (exact) mass is 730 g/mol. The maximum atomic E-state index is 14.1. The van der Waals surface area contributed by atoms with Gasteiger partial charge in [-0.1, -0.05) is 23.7 Å². The number of rotatable bonds is 6. The highest BCUT2D eigenvalue weighted by atomic mass is 35.5. The second-order valence-electron chi connectivity index (χ2n) is 12.3. The Bertz CT molecular complexity index is 2340. The first kappa shape index (κ1) is 33.0. The summed E-state index contributed by atoms with van der Waals surface area (Å²) in [4.78, 5) is 69.8. The molecule has 4 aromatic rings. The summed E-state index contributed by atoms with van der Waals surface area (Å²) in [5.74, 6) is -1.91. The number of benzene rings is 2. The van der Waals surface area contributed by atoms with E-state index in [-0.39, 0.29) is 42.4 Å². The molecule has 1 saturated carbocycles.